The van der Waals surface area contributed by atoms with Crippen LogP contribution in [0.25, 0.3) is 11.4 Å². The molecule has 0 amide bonds. The SMILES string of the molecule is CCSc1ccc(-c2nc(CC)cc(=O)[nH]2)cc1. The molecule has 2 aromatic rings. The number of hydrogen-bond acceptors (Lipinski definition) is 3. The van der Waals surface area contributed by atoms with E-state index in [0.717, 1.165) is 23.4 Å². The predicted octanol–water partition coefficient (Wildman–Crippen LogP) is 3.11. The maximum atomic E-state index is 11.5. The first kappa shape index (κ1) is 12.9. The first-order valence-electron chi connectivity index (χ1n) is 6.06. The maximum absolute atomic E-state index is 11.5. The lowest BCUT2D eigenvalue weighted by Crippen LogP contribution is -2.09. The molecule has 4 heteroatoms. The lowest BCUT2D eigenvalue weighted by molar-refractivity contribution is 0.987. The van der Waals surface area contributed by atoms with Crippen molar-refractivity contribution in [2.45, 2.75) is 25.2 Å². The first-order chi connectivity index (χ1) is 8.72. The Balaban J connectivity index is 2.36. The van der Waals surface area contributed by atoms with Crippen LogP contribution in [0.15, 0.2) is 40.0 Å². The number of aromatic amines is 1. The van der Waals surface area contributed by atoms with Crippen molar-refractivity contribution in [2.75, 3.05) is 5.75 Å². The molecule has 2 rings (SSSR count). The zero-order valence-electron chi connectivity index (χ0n) is 10.6. The molecule has 0 aliphatic heterocycles. The van der Waals surface area contributed by atoms with E-state index in [0.29, 0.717) is 5.82 Å². The van der Waals surface area contributed by atoms with Crippen molar-refractivity contribution in [3.63, 3.8) is 0 Å². The molecule has 0 fully saturated rings. The van der Waals surface area contributed by atoms with E-state index in [-0.39, 0.29) is 5.56 Å². The van der Waals surface area contributed by atoms with Crippen LogP contribution in [-0.2, 0) is 6.42 Å². The van der Waals surface area contributed by atoms with Crippen molar-refractivity contribution >= 4 is 11.8 Å². The van der Waals surface area contributed by atoms with Gasteiger partial charge in [0, 0.05) is 22.2 Å². The fraction of sp³-hybridized carbons (Fsp3) is 0.286. The third kappa shape index (κ3) is 3.01. The van der Waals surface area contributed by atoms with Crippen LogP contribution in [0, 0.1) is 0 Å². The van der Waals surface area contributed by atoms with Crippen LogP contribution in [0.4, 0.5) is 0 Å². The van der Waals surface area contributed by atoms with E-state index >= 15 is 0 Å². The second-order valence-corrected chi connectivity index (χ2v) is 5.23. The number of nitrogens with zero attached hydrogens (tertiary/aromatic N) is 1. The summed E-state index contributed by atoms with van der Waals surface area (Å²) >= 11 is 1.80. The molecule has 94 valence electrons. The second-order valence-electron chi connectivity index (χ2n) is 3.90. The van der Waals surface area contributed by atoms with Crippen molar-refractivity contribution in [2.24, 2.45) is 0 Å². The number of H-pyrrole nitrogens is 1. The number of thioether (sulfide) groups is 1. The Kier molecular flexibility index (Phi) is 4.20. The van der Waals surface area contributed by atoms with Crippen molar-refractivity contribution < 1.29 is 0 Å². The second kappa shape index (κ2) is 5.87. The molecule has 0 atom stereocenters. The monoisotopic (exact) mass is 260 g/mol. The highest BCUT2D eigenvalue weighted by molar-refractivity contribution is 7.99. The van der Waals surface area contributed by atoms with E-state index < -0.39 is 0 Å². The molecule has 0 aliphatic carbocycles. The van der Waals surface area contributed by atoms with Gasteiger partial charge in [-0.25, -0.2) is 4.98 Å². The van der Waals surface area contributed by atoms with Crippen LogP contribution < -0.4 is 5.56 Å². The summed E-state index contributed by atoms with van der Waals surface area (Å²) in [5.41, 5.74) is 1.67. The minimum Gasteiger partial charge on any atom is -0.307 e. The summed E-state index contributed by atoms with van der Waals surface area (Å²) in [6.45, 7) is 4.12. The van der Waals surface area contributed by atoms with Crippen LogP contribution >= 0.6 is 11.8 Å². The largest absolute Gasteiger partial charge is 0.307 e. The van der Waals surface area contributed by atoms with Gasteiger partial charge in [-0.2, -0.15) is 0 Å². The highest BCUT2D eigenvalue weighted by Crippen LogP contribution is 2.21. The molecule has 1 aromatic heterocycles. The lowest BCUT2D eigenvalue weighted by atomic mass is 10.2. The average Bonchev–Trinajstić information content (AvgIpc) is 2.39. The Morgan fingerprint density at radius 3 is 2.56 bits per heavy atom. The van der Waals surface area contributed by atoms with Gasteiger partial charge in [0.2, 0.25) is 0 Å². The van der Waals surface area contributed by atoms with Gasteiger partial charge in [0.05, 0.1) is 0 Å². The summed E-state index contributed by atoms with van der Waals surface area (Å²) < 4.78 is 0. The molecular formula is C14H16N2OS. The third-order valence-electron chi connectivity index (χ3n) is 2.60. The number of rotatable bonds is 4. The van der Waals surface area contributed by atoms with Crippen molar-refractivity contribution in [1.29, 1.82) is 0 Å². The van der Waals surface area contributed by atoms with Crippen molar-refractivity contribution in [3.05, 3.63) is 46.4 Å². The van der Waals surface area contributed by atoms with Gasteiger partial charge in [0.15, 0.2) is 0 Å². The third-order valence-corrected chi connectivity index (χ3v) is 3.49. The summed E-state index contributed by atoms with van der Waals surface area (Å²) in [6, 6.07) is 9.65. The van der Waals surface area contributed by atoms with Gasteiger partial charge in [-0.3, -0.25) is 4.79 Å². The molecular weight excluding hydrogens is 244 g/mol. The van der Waals surface area contributed by atoms with Crippen LogP contribution in [-0.4, -0.2) is 15.7 Å². The zero-order chi connectivity index (χ0) is 13.0. The summed E-state index contributed by atoms with van der Waals surface area (Å²) in [5, 5.41) is 0. The van der Waals surface area contributed by atoms with E-state index in [1.807, 2.05) is 19.1 Å². The van der Waals surface area contributed by atoms with Gasteiger partial charge < -0.3 is 4.98 Å². The minimum atomic E-state index is -0.0936. The molecule has 1 heterocycles. The summed E-state index contributed by atoms with van der Waals surface area (Å²) in [7, 11) is 0. The van der Waals surface area contributed by atoms with Gasteiger partial charge in [-0.15, -0.1) is 11.8 Å². The Labute approximate surface area is 111 Å². The van der Waals surface area contributed by atoms with E-state index in [1.165, 1.54) is 4.90 Å². The van der Waals surface area contributed by atoms with E-state index in [2.05, 4.69) is 29.0 Å². The quantitative estimate of drug-likeness (QED) is 0.859. The van der Waals surface area contributed by atoms with Crippen LogP contribution in [0.2, 0.25) is 0 Å². The molecule has 0 bridgehead atoms. The van der Waals surface area contributed by atoms with Gasteiger partial charge in [0.25, 0.3) is 5.56 Å². The topological polar surface area (TPSA) is 45.8 Å². The molecule has 1 N–H and O–H groups in total. The summed E-state index contributed by atoms with van der Waals surface area (Å²) in [4.78, 5) is 20.0. The number of benzene rings is 1. The number of hydrogen-bond donors (Lipinski definition) is 1. The molecule has 18 heavy (non-hydrogen) atoms. The molecule has 1 aromatic carbocycles. The minimum absolute atomic E-state index is 0.0936. The maximum Gasteiger partial charge on any atom is 0.251 e. The summed E-state index contributed by atoms with van der Waals surface area (Å²) in [6.07, 6.45) is 0.765. The summed E-state index contributed by atoms with van der Waals surface area (Å²) in [5.74, 6) is 1.70. The molecule has 0 saturated carbocycles. The number of aromatic nitrogens is 2. The number of aryl methyl sites for hydroxylation is 1. The van der Waals surface area contributed by atoms with E-state index in [1.54, 1.807) is 17.8 Å². The van der Waals surface area contributed by atoms with Gasteiger partial charge >= 0.3 is 0 Å². The smallest absolute Gasteiger partial charge is 0.251 e. The van der Waals surface area contributed by atoms with Crippen molar-refractivity contribution in [3.8, 4) is 11.4 Å². The molecule has 3 nitrogen and oxygen atoms in total. The number of nitrogens with one attached hydrogen (secondary N) is 1. The Bertz CT molecular complexity index is 575. The Hall–Kier alpha value is -1.55. The van der Waals surface area contributed by atoms with Crippen LogP contribution in [0.5, 0.6) is 0 Å². The fourth-order valence-electron chi connectivity index (χ4n) is 1.70. The first-order valence-corrected chi connectivity index (χ1v) is 7.05. The Morgan fingerprint density at radius 1 is 1.22 bits per heavy atom. The normalized spacial score (nSPS) is 10.6. The van der Waals surface area contributed by atoms with Crippen molar-refractivity contribution in [1.82, 2.24) is 9.97 Å². The van der Waals surface area contributed by atoms with Gasteiger partial charge in [-0.1, -0.05) is 26.0 Å². The standard InChI is InChI=1S/C14H16N2OS/c1-3-11-9-13(17)16-14(15-11)10-5-7-12(8-6-10)18-4-2/h5-9H,3-4H2,1-2H3,(H,15,16,17). The zero-order valence-corrected chi connectivity index (χ0v) is 11.4. The fourth-order valence-corrected chi connectivity index (χ4v) is 2.36. The predicted molar refractivity (Wildman–Crippen MR) is 76.1 cm³/mol. The van der Waals surface area contributed by atoms with Crippen LogP contribution in [0.3, 0.4) is 0 Å². The Morgan fingerprint density at radius 2 is 1.94 bits per heavy atom. The lowest BCUT2D eigenvalue weighted by Gasteiger charge is -2.04. The highest BCUT2D eigenvalue weighted by atomic mass is 32.2. The van der Waals surface area contributed by atoms with E-state index in [9.17, 15) is 4.79 Å². The molecule has 0 unspecified atom stereocenters. The molecule has 0 spiro atoms. The average molecular weight is 260 g/mol. The molecule has 0 aliphatic rings. The molecule has 0 saturated heterocycles. The van der Waals surface area contributed by atoms with E-state index in [4.69, 9.17) is 0 Å². The van der Waals surface area contributed by atoms with Gasteiger partial charge in [0.1, 0.15) is 5.82 Å². The molecule has 0 radical (unpaired) electrons. The highest BCUT2D eigenvalue weighted by Gasteiger charge is 2.03. The van der Waals surface area contributed by atoms with Crippen LogP contribution in [0.1, 0.15) is 19.5 Å². The van der Waals surface area contributed by atoms with Gasteiger partial charge in [-0.05, 0) is 24.3 Å².